The number of sulfonamides is 1. The Hall–Kier alpha value is -1.33. The molecule has 3 atom stereocenters. The minimum Gasteiger partial charge on any atom is -0.381 e. The van der Waals surface area contributed by atoms with Crippen LogP contribution in [0.1, 0.15) is 24.0 Å². The lowest BCUT2D eigenvalue weighted by molar-refractivity contribution is 0.218. The highest BCUT2D eigenvalue weighted by Crippen LogP contribution is 2.44. The SMILES string of the molecule is Cc1cc(S(N)(=O)=O)cc(NC2CC3CC=CC32)c1C. The summed E-state index contributed by atoms with van der Waals surface area (Å²) in [5, 5.41) is 8.74. The molecule has 108 valence electrons. The molecular formula is C15H20N2O2S. The Bertz CT molecular complexity index is 679. The third kappa shape index (κ3) is 2.25. The zero-order valence-electron chi connectivity index (χ0n) is 11.8. The van der Waals surface area contributed by atoms with Gasteiger partial charge in [-0.25, -0.2) is 13.6 Å². The monoisotopic (exact) mass is 292 g/mol. The van der Waals surface area contributed by atoms with Crippen LogP contribution in [-0.4, -0.2) is 14.5 Å². The van der Waals surface area contributed by atoms with Gasteiger partial charge in [-0.3, -0.25) is 0 Å². The van der Waals surface area contributed by atoms with Crippen molar-refractivity contribution in [2.45, 2.75) is 37.6 Å². The molecule has 3 N–H and O–H groups in total. The van der Waals surface area contributed by atoms with Crippen molar-refractivity contribution in [3.8, 4) is 0 Å². The standard InChI is InChI=1S/C15H20N2O2S/c1-9-6-12(20(16,18)19)8-14(10(9)2)17-15-7-11-4-3-5-13(11)15/h3,5-6,8,11,13,15,17H,4,7H2,1-2H3,(H2,16,18,19). The molecule has 2 aliphatic carbocycles. The fraction of sp³-hybridized carbons (Fsp3) is 0.467. The Morgan fingerprint density at radius 2 is 2.05 bits per heavy atom. The Morgan fingerprint density at radius 3 is 2.70 bits per heavy atom. The van der Waals surface area contributed by atoms with E-state index in [1.807, 2.05) is 13.8 Å². The molecule has 0 spiro atoms. The number of hydrogen-bond acceptors (Lipinski definition) is 3. The van der Waals surface area contributed by atoms with Crippen LogP contribution < -0.4 is 10.5 Å². The van der Waals surface area contributed by atoms with Crippen molar-refractivity contribution in [1.29, 1.82) is 0 Å². The van der Waals surface area contributed by atoms with Crippen LogP contribution in [0.2, 0.25) is 0 Å². The molecule has 4 nitrogen and oxygen atoms in total. The van der Waals surface area contributed by atoms with Gasteiger partial charge in [0.2, 0.25) is 10.0 Å². The highest BCUT2D eigenvalue weighted by Gasteiger charge is 2.41. The van der Waals surface area contributed by atoms with E-state index in [1.54, 1.807) is 12.1 Å². The summed E-state index contributed by atoms with van der Waals surface area (Å²) in [6.07, 6.45) is 6.85. The van der Waals surface area contributed by atoms with Gasteiger partial charge < -0.3 is 5.32 Å². The van der Waals surface area contributed by atoms with E-state index in [0.29, 0.717) is 12.0 Å². The number of primary sulfonamides is 1. The molecule has 1 aromatic rings. The number of benzene rings is 1. The summed E-state index contributed by atoms with van der Waals surface area (Å²) >= 11 is 0. The van der Waals surface area contributed by atoms with E-state index in [2.05, 4.69) is 17.5 Å². The third-order valence-electron chi connectivity index (χ3n) is 4.67. The predicted molar refractivity (Wildman–Crippen MR) is 80.1 cm³/mol. The van der Waals surface area contributed by atoms with E-state index in [0.717, 1.165) is 29.2 Å². The first-order chi connectivity index (χ1) is 9.36. The fourth-order valence-electron chi connectivity index (χ4n) is 3.22. The minimum atomic E-state index is -3.66. The topological polar surface area (TPSA) is 72.2 Å². The second kappa shape index (κ2) is 4.60. The molecule has 0 bridgehead atoms. The predicted octanol–water partition coefficient (Wildman–Crippen LogP) is 2.33. The molecule has 0 radical (unpaired) electrons. The molecule has 0 amide bonds. The summed E-state index contributed by atoms with van der Waals surface area (Å²) < 4.78 is 23.1. The lowest BCUT2D eigenvalue weighted by atomic mass is 9.71. The van der Waals surface area contributed by atoms with Gasteiger partial charge in [0.05, 0.1) is 4.90 Å². The Balaban J connectivity index is 1.89. The lowest BCUT2D eigenvalue weighted by Crippen LogP contribution is -2.43. The quantitative estimate of drug-likeness (QED) is 0.840. The normalized spacial score (nSPS) is 28.1. The van der Waals surface area contributed by atoms with E-state index >= 15 is 0 Å². The van der Waals surface area contributed by atoms with Gasteiger partial charge in [-0.1, -0.05) is 12.2 Å². The molecule has 0 heterocycles. The molecule has 0 aromatic heterocycles. The smallest absolute Gasteiger partial charge is 0.238 e. The number of anilines is 1. The average Bonchev–Trinajstić information content (AvgIpc) is 2.71. The Morgan fingerprint density at radius 1 is 1.30 bits per heavy atom. The van der Waals surface area contributed by atoms with Crippen molar-refractivity contribution in [3.63, 3.8) is 0 Å². The van der Waals surface area contributed by atoms with Crippen LogP contribution in [0.4, 0.5) is 5.69 Å². The van der Waals surface area contributed by atoms with Crippen LogP contribution in [0.5, 0.6) is 0 Å². The van der Waals surface area contributed by atoms with Crippen molar-refractivity contribution >= 4 is 15.7 Å². The van der Waals surface area contributed by atoms with Crippen molar-refractivity contribution in [3.05, 3.63) is 35.4 Å². The lowest BCUT2D eigenvalue weighted by Gasteiger charge is -2.41. The maximum Gasteiger partial charge on any atom is 0.238 e. The van der Waals surface area contributed by atoms with Gasteiger partial charge in [-0.15, -0.1) is 0 Å². The van der Waals surface area contributed by atoms with Gasteiger partial charge in [0, 0.05) is 17.6 Å². The van der Waals surface area contributed by atoms with Crippen LogP contribution in [0.25, 0.3) is 0 Å². The van der Waals surface area contributed by atoms with E-state index in [1.165, 1.54) is 6.42 Å². The van der Waals surface area contributed by atoms with Crippen LogP contribution in [-0.2, 0) is 10.0 Å². The second-order valence-corrected chi connectivity index (χ2v) is 7.51. The van der Waals surface area contributed by atoms with Gasteiger partial charge in [0.15, 0.2) is 0 Å². The summed E-state index contributed by atoms with van der Waals surface area (Å²) in [5.41, 5.74) is 2.91. The molecule has 2 aliphatic rings. The van der Waals surface area contributed by atoms with Crippen molar-refractivity contribution < 1.29 is 8.42 Å². The molecular weight excluding hydrogens is 272 g/mol. The van der Waals surface area contributed by atoms with Gasteiger partial charge in [-0.05, 0) is 55.9 Å². The number of fused-ring (bicyclic) bond motifs is 1. The molecule has 5 heteroatoms. The van der Waals surface area contributed by atoms with Crippen molar-refractivity contribution in [2.75, 3.05) is 5.32 Å². The van der Waals surface area contributed by atoms with Crippen LogP contribution in [0.3, 0.4) is 0 Å². The Labute approximate surface area is 120 Å². The van der Waals surface area contributed by atoms with Gasteiger partial charge in [0.1, 0.15) is 0 Å². The van der Waals surface area contributed by atoms with Gasteiger partial charge >= 0.3 is 0 Å². The summed E-state index contributed by atoms with van der Waals surface area (Å²) in [4.78, 5) is 0.181. The van der Waals surface area contributed by atoms with Crippen LogP contribution in [0, 0.1) is 25.7 Å². The Kier molecular flexibility index (Phi) is 3.14. The fourth-order valence-corrected chi connectivity index (χ4v) is 3.85. The molecule has 0 saturated heterocycles. The first-order valence-electron chi connectivity index (χ1n) is 6.93. The van der Waals surface area contributed by atoms with E-state index < -0.39 is 10.0 Å². The van der Waals surface area contributed by atoms with E-state index in [-0.39, 0.29) is 4.90 Å². The maximum absolute atomic E-state index is 11.5. The number of allylic oxidation sites excluding steroid dienone is 1. The summed E-state index contributed by atoms with van der Waals surface area (Å²) in [6, 6.07) is 3.70. The highest BCUT2D eigenvalue weighted by molar-refractivity contribution is 7.89. The summed E-state index contributed by atoms with van der Waals surface area (Å²) in [6.45, 7) is 3.92. The first-order valence-corrected chi connectivity index (χ1v) is 8.48. The van der Waals surface area contributed by atoms with E-state index in [9.17, 15) is 8.42 Å². The highest BCUT2D eigenvalue weighted by atomic mass is 32.2. The van der Waals surface area contributed by atoms with Gasteiger partial charge in [-0.2, -0.15) is 0 Å². The van der Waals surface area contributed by atoms with Crippen molar-refractivity contribution in [2.24, 2.45) is 17.0 Å². The molecule has 1 aromatic carbocycles. The number of hydrogen-bond donors (Lipinski definition) is 2. The largest absolute Gasteiger partial charge is 0.381 e. The number of nitrogens with one attached hydrogen (secondary N) is 1. The zero-order chi connectivity index (χ0) is 14.5. The average molecular weight is 292 g/mol. The number of rotatable bonds is 3. The maximum atomic E-state index is 11.5. The number of aryl methyl sites for hydroxylation is 1. The number of nitrogens with two attached hydrogens (primary N) is 1. The summed E-state index contributed by atoms with van der Waals surface area (Å²) in [5.74, 6) is 1.36. The minimum absolute atomic E-state index is 0.181. The molecule has 1 saturated carbocycles. The van der Waals surface area contributed by atoms with Crippen molar-refractivity contribution in [1.82, 2.24) is 0 Å². The summed E-state index contributed by atoms with van der Waals surface area (Å²) in [7, 11) is -3.66. The van der Waals surface area contributed by atoms with Crippen LogP contribution >= 0.6 is 0 Å². The van der Waals surface area contributed by atoms with Gasteiger partial charge in [0.25, 0.3) is 0 Å². The second-order valence-electron chi connectivity index (χ2n) is 5.95. The molecule has 3 unspecified atom stereocenters. The third-order valence-corrected chi connectivity index (χ3v) is 5.57. The zero-order valence-corrected chi connectivity index (χ0v) is 12.6. The molecule has 3 rings (SSSR count). The molecule has 20 heavy (non-hydrogen) atoms. The van der Waals surface area contributed by atoms with E-state index in [4.69, 9.17) is 5.14 Å². The first kappa shape index (κ1) is 13.6. The molecule has 1 fully saturated rings. The molecule has 0 aliphatic heterocycles. The van der Waals surface area contributed by atoms with Crippen LogP contribution in [0.15, 0.2) is 29.2 Å².